The van der Waals surface area contributed by atoms with Gasteiger partial charge in [0.25, 0.3) is 0 Å². The number of halogens is 1. The largest absolute Gasteiger partial charge is 0.392 e. The fourth-order valence-electron chi connectivity index (χ4n) is 1.38. The van der Waals surface area contributed by atoms with E-state index in [9.17, 15) is 8.42 Å². The average Bonchev–Trinajstić information content (AvgIpc) is 2.24. The fraction of sp³-hybridized carbons (Fsp3) is 0.455. The van der Waals surface area contributed by atoms with Gasteiger partial charge in [0.05, 0.1) is 23.1 Å². The lowest BCUT2D eigenvalue weighted by molar-refractivity contribution is 0.282. The Morgan fingerprint density at radius 1 is 1.41 bits per heavy atom. The van der Waals surface area contributed by atoms with E-state index in [-0.39, 0.29) is 12.4 Å². The van der Waals surface area contributed by atoms with Crippen LogP contribution < -0.4 is 4.90 Å². The van der Waals surface area contributed by atoms with Crippen molar-refractivity contribution in [2.24, 2.45) is 0 Å². The zero-order valence-corrected chi connectivity index (χ0v) is 11.4. The fourth-order valence-corrected chi connectivity index (χ4v) is 2.33. The third-order valence-electron chi connectivity index (χ3n) is 2.40. The number of sulfone groups is 1. The third kappa shape index (κ3) is 4.53. The monoisotopic (exact) mass is 277 g/mol. The second-order valence-electron chi connectivity index (χ2n) is 4.00. The first-order valence-corrected chi connectivity index (χ1v) is 7.55. The van der Waals surface area contributed by atoms with Crippen LogP contribution in [-0.2, 0) is 16.4 Å². The number of nitrogens with zero attached hydrogens (tertiary/aromatic N) is 1. The van der Waals surface area contributed by atoms with E-state index < -0.39 is 9.84 Å². The second-order valence-corrected chi connectivity index (χ2v) is 6.66. The van der Waals surface area contributed by atoms with Crippen LogP contribution in [-0.4, -0.2) is 39.1 Å². The molecule has 0 spiro atoms. The van der Waals surface area contributed by atoms with Gasteiger partial charge in [-0.05, 0) is 17.7 Å². The molecular weight excluding hydrogens is 262 g/mol. The van der Waals surface area contributed by atoms with Crippen LogP contribution in [0.15, 0.2) is 18.2 Å². The molecule has 96 valence electrons. The molecular formula is C11H16ClNO3S. The van der Waals surface area contributed by atoms with Gasteiger partial charge in [0.2, 0.25) is 0 Å². The van der Waals surface area contributed by atoms with E-state index in [1.165, 1.54) is 6.26 Å². The van der Waals surface area contributed by atoms with E-state index >= 15 is 0 Å². The van der Waals surface area contributed by atoms with Gasteiger partial charge in [0.1, 0.15) is 9.84 Å². The van der Waals surface area contributed by atoms with Crippen molar-refractivity contribution in [2.45, 2.75) is 6.61 Å². The molecule has 1 aromatic carbocycles. The van der Waals surface area contributed by atoms with Gasteiger partial charge in [-0.15, -0.1) is 0 Å². The van der Waals surface area contributed by atoms with Gasteiger partial charge in [-0.25, -0.2) is 8.42 Å². The molecule has 6 heteroatoms. The molecule has 0 atom stereocenters. The van der Waals surface area contributed by atoms with Crippen molar-refractivity contribution in [3.63, 3.8) is 0 Å². The van der Waals surface area contributed by atoms with Crippen molar-refractivity contribution >= 4 is 27.1 Å². The zero-order valence-electron chi connectivity index (χ0n) is 9.85. The minimum Gasteiger partial charge on any atom is -0.392 e. The summed E-state index contributed by atoms with van der Waals surface area (Å²) in [6.45, 7) is 0.323. The first-order valence-electron chi connectivity index (χ1n) is 5.11. The smallest absolute Gasteiger partial charge is 0.149 e. The van der Waals surface area contributed by atoms with Crippen LogP contribution in [0.25, 0.3) is 0 Å². The van der Waals surface area contributed by atoms with Crippen molar-refractivity contribution in [1.82, 2.24) is 0 Å². The highest BCUT2D eigenvalue weighted by molar-refractivity contribution is 7.90. The Morgan fingerprint density at radius 3 is 2.53 bits per heavy atom. The standard InChI is InChI=1S/C11H16ClNO3S/c1-13(5-6-17(2,15)16)11-4-3-9(8-14)7-10(11)12/h3-4,7,14H,5-6,8H2,1-2H3. The second kappa shape index (κ2) is 5.71. The molecule has 1 N–H and O–H groups in total. The minimum atomic E-state index is -2.98. The number of aliphatic hydroxyl groups is 1. The number of aliphatic hydroxyl groups excluding tert-OH is 1. The average molecular weight is 278 g/mol. The summed E-state index contributed by atoms with van der Waals surface area (Å²) >= 11 is 6.05. The molecule has 0 aliphatic heterocycles. The summed E-state index contributed by atoms with van der Waals surface area (Å²) in [4.78, 5) is 1.78. The summed E-state index contributed by atoms with van der Waals surface area (Å²) in [6.07, 6.45) is 1.21. The third-order valence-corrected chi connectivity index (χ3v) is 3.63. The summed E-state index contributed by atoms with van der Waals surface area (Å²) in [5, 5.41) is 9.46. The molecule has 0 aliphatic carbocycles. The minimum absolute atomic E-state index is 0.0624. The van der Waals surface area contributed by atoms with E-state index in [1.807, 2.05) is 0 Å². The SMILES string of the molecule is CN(CCS(C)(=O)=O)c1ccc(CO)cc1Cl. The Hall–Kier alpha value is -0.780. The maximum absolute atomic E-state index is 11.1. The van der Waals surface area contributed by atoms with Crippen LogP contribution in [0.3, 0.4) is 0 Å². The maximum Gasteiger partial charge on any atom is 0.149 e. The van der Waals surface area contributed by atoms with Crippen molar-refractivity contribution in [3.8, 4) is 0 Å². The van der Waals surface area contributed by atoms with E-state index in [2.05, 4.69) is 0 Å². The van der Waals surface area contributed by atoms with Gasteiger partial charge in [-0.1, -0.05) is 17.7 Å². The Balaban J connectivity index is 2.79. The van der Waals surface area contributed by atoms with Crippen molar-refractivity contribution in [1.29, 1.82) is 0 Å². The number of rotatable bonds is 5. The molecule has 0 saturated carbocycles. The molecule has 1 rings (SSSR count). The van der Waals surface area contributed by atoms with Gasteiger partial charge in [0.15, 0.2) is 0 Å². The van der Waals surface area contributed by atoms with Crippen molar-refractivity contribution in [2.75, 3.05) is 30.5 Å². The summed E-state index contributed by atoms with van der Waals surface area (Å²) in [5.74, 6) is 0.0849. The lowest BCUT2D eigenvalue weighted by Crippen LogP contribution is -2.25. The summed E-state index contributed by atoms with van der Waals surface area (Å²) in [7, 11) is -1.19. The number of hydrogen-bond acceptors (Lipinski definition) is 4. The van der Waals surface area contributed by atoms with E-state index in [1.54, 1.807) is 30.1 Å². The molecule has 1 aromatic rings. The highest BCUT2D eigenvalue weighted by atomic mass is 35.5. The molecule has 0 unspecified atom stereocenters. The van der Waals surface area contributed by atoms with Gasteiger partial charge in [-0.3, -0.25) is 0 Å². The van der Waals surface area contributed by atoms with Crippen LogP contribution in [0.4, 0.5) is 5.69 Å². The first kappa shape index (κ1) is 14.3. The summed E-state index contributed by atoms with van der Waals surface area (Å²) < 4.78 is 22.1. The van der Waals surface area contributed by atoms with E-state index in [4.69, 9.17) is 16.7 Å². The first-order chi connectivity index (χ1) is 7.83. The molecule has 0 heterocycles. The molecule has 0 saturated heterocycles. The number of benzene rings is 1. The molecule has 0 radical (unpaired) electrons. The normalized spacial score (nSPS) is 11.5. The van der Waals surface area contributed by atoms with Crippen LogP contribution in [0, 0.1) is 0 Å². The summed E-state index contributed by atoms with van der Waals surface area (Å²) in [5.41, 5.74) is 1.49. The zero-order chi connectivity index (χ0) is 13.1. The molecule has 0 bridgehead atoms. The van der Waals surface area contributed by atoms with Crippen LogP contribution in [0.5, 0.6) is 0 Å². The van der Waals surface area contributed by atoms with Crippen LogP contribution in [0.1, 0.15) is 5.56 Å². The molecule has 0 amide bonds. The molecule has 4 nitrogen and oxygen atoms in total. The van der Waals surface area contributed by atoms with Gasteiger partial charge in [-0.2, -0.15) is 0 Å². The predicted molar refractivity (Wildman–Crippen MR) is 70.4 cm³/mol. The number of anilines is 1. The van der Waals surface area contributed by atoms with Gasteiger partial charge < -0.3 is 10.0 Å². The predicted octanol–water partition coefficient (Wildman–Crippen LogP) is 1.31. The Labute approximate surface area is 107 Å². The molecule has 0 aliphatic rings. The Morgan fingerprint density at radius 2 is 2.06 bits per heavy atom. The van der Waals surface area contributed by atoms with Crippen LogP contribution >= 0.6 is 11.6 Å². The lowest BCUT2D eigenvalue weighted by Gasteiger charge is -2.20. The van der Waals surface area contributed by atoms with Crippen LogP contribution in [0.2, 0.25) is 5.02 Å². The highest BCUT2D eigenvalue weighted by Crippen LogP contribution is 2.25. The molecule has 17 heavy (non-hydrogen) atoms. The lowest BCUT2D eigenvalue weighted by atomic mass is 10.2. The summed E-state index contributed by atoms with van der Waals surface area (Å²) in [6, 6.07) is 5.21. The Bertz CT molecular complexity index is 487. The topological polar surface area (TPSA) is 57.6 Å². The molecule has 0 fully saturated rings. The van der Waals surface area contributed by atoms with Crippen molar-refractivity contribution < 1.29 is 13.5 Å². The number of hydrogen-bond donors (Lipinski definition) is 1. The highest BCUT2D eigenvalue weighted by Gasteiger charge is 2.09. The van der Waals surface area contributed by atoms with E-state index in [0.29, 0.717) is 11.6 Å². The quantitative estimate of drug-likeness (QED) is 0.882. The van der Waals surface area contributed by atoms with Gasteiger partial charge in [0, 0.05) is 19.8 Å². The molecule has 0 aromatic heterocycles. The van der Waals surface area contributed by atoms with Crippen molar-refractivity contribution in [3.05, 3.63) is 28.8 Å². The Kier molecular flexibility index (Phi) is 4.80. The maximum atomic E-state index is 11.1. The van der Waals surface area contributed by atoms with E-state index in [0.717, 1.165) is 11.3 Å². The van der Waals surface area contributed by atoms with Gasteiger partial charge >= 0.3 is 0 Å².